The zero-order valence-corrected chi connectivity index (χ0v) is 11.3. The smallest absolute Gasteiger partial charge is 0.245 e. The number of ether oxygens (including phenoxy) is 1. The maximum absolute atomic E-state index is 10.8. The van der Waals surface area contributed by atoms with Crippen LogP contribution in [0.5, 0.6) is 0 Å². The van der Waals surface area contributed by atoms with Crippen LogP contribution in [0.15, 0.2) is 37.0 Å². The Morgan fingerprint density at radius 3 is 2.59 bits per heavy atom. The first kappa shape index (κ1) is 18.0. The van der Waals surface area contributed by atoms with Gasteiger partial charge in [0.15, 0.2) is 0 Å². The molecule has 0 aromatic carbocycles. The SMILES string of the molecule is C=C/C=C\C(=C)CCCOCC(=O)NC.CC. The van der Waals surface area contributed by atoms with Gasteiger partial charge in [0, 0.05) is 13.7 Å². The van der Waals surface area contributed by atoms with Crippen LogP contribution in [-0.2, 0) is 9.53 Å². The molecule has 0 aromatic heterocycles. The van der Waals surface area contributed by atoms with E-state index in [4.69, 9.17) is 4.74 Å². The van der Waals surface area contributed by atoms with E-state index in [1.165, 1.54) is 0 Å². The first-order valence-electron chi connectivity index (χ1n) is 5.96. The fraction of sp³-hybridized carbons (Fsp3) is 0.500. The number of carbonyl (C=O) groups excluding carboxylic acids is 1. The van der Waals surface area contributed by atoms with Crippen molar-refractivity contribution in [2.45, 2.75) is 26.7 Å². The van der Waals surface area contributed by atoms with E-state index in [0.29, 0.717) is 6.61 Å². The molecule has 1 amide bonds. The fourth-order valence-corrected chi connectivity index (χ4v) is 0.926. The lowest BCUT2D eigenvalue weighted by Gasteiger charge is -2.03. The Bertz CT molecular complexity index is 245. The van der Waals surface area contributed by atoms with E-state index in [1.807, 2.05) is 26.0 Å². The third kappa shape index (κ3) is 14.7. The second kappa shape index (κ2) is 14.6. The summed E-state index contributed by atoms with van der Waals surface area (Å²) < 4.78 is 5.14. The third-order valence-corrected chi connectivity index (χ3v) is 1.77. The van der Waals surface area contributed by atoms with Gasteiger partial charge in [0.2, 0.25) is 5.91 Å². The molecule has 3 heteroatoms. The van der Waals surface area contributed by atoms with E-state index in [2.05, 4.69) is 18.5 Å². The molecule has 98 valence electrons. The van der Waals surface area contributed by atoms with Crippen LogP contribution in [-0.4, -0.2) is 26.2 Å². The summed E-state index contributed by atoms with van der Waals surface area (Å²) in [6, 6.07) is 0. The summed E-state index contributed by atoms with van der Waals surface area (Å²) in [5, 5.41) is 2.49. The van der Waals surface area contributed by atoms with Crippen LogP contribution in [0.2, 0.25) is 0 Å². The number of hydrogen-bond donors (Lipinski definition) is 1. The van der Waals surface area contributed by atoms with Gasteiger partial charge in [-0.2, -0.15) is 0 Å². The molecule has 0 atom stereocenters. The van der Waals surface area contributed by atoms with Crippen LogP contribution in [0.1, 0.15) is 26.7 Å². The molecule has 0 fully saturated rings. The van der Waals surface area contributed by atoms with Crippen LogP contribution >= 0.6 is 0 Å². The highest BCUT2D eigenvalue weighted by molar-refractivity contribution is 5.76. The second-order valence-corrected chi connectivity index (χ2v) is 3.08. The van der Waals surface area contributed by atoms with E-state index in [0.717, 1.165) is 18.4 Å². The van der Waals surface area contributed by atoms with Crippen molar-refractivity contribution in [3.8, 4) is 0 Å². The summed E-state index contributed by atoms with van der Waals surface area (Å²) in [6.07, 6.45) is 7.24. The lowest BCUT2D eigenvalue weighted by Crippen LogP contribution is -2.23. The molecule has 0 bridgehead atoms. The summed E-state index contributed by atoms with van der Waals surface area (Å²) in [7, 11) is 1.59. The maximum Gasteiger partial charge on any atom is 0.245 e. The Morgan fingerprint density at radius 1 is 1.41 bits per heavy atom. The number of amides is 1. The molecule has 0 aliphatic carbocycles. The summed E-state index contributed by atoms with van der Waals surface area (Å²) in [5.74, 6) is -0.0969. The van der Waals surface area contributed by atoms with Crippen LogP contribution in [0.25, 0.3) is 0 Å². The summed E-state index contributed by atoms with van der Waals surface area (Å²) >= 11 is 0. The van der Waals surface area contributed by atoms with Gasteiger partial charge in [-0.05, 0) is 12.8 Å². The van der Waals surface area contributed by atoms with Crippen LogP contribution < -0.4 is 5.32 Å². The average Bonchev–Trinajstić information content (AvgIpc) is 2.37. The number of likely N-dealkylation sites (N-methyl/N-ethyl adjacent to an activating group) is 1. The van der Waals surface area contributed by atoms with Crippen molar-refractivity contribution < 1.29 is 9.53 Å². The van der Waals surface area contributed by atoms with Gasteiger partial charge >= 0.3 is 0 Å². The predicted molar refractivity (Wildman–Crippen MR) is 73.9 cm³/mol. The Hall–Kier alpha value is -1.35. The van der Waals surface area contributed by atoms with E-state index in [-0.39, 0.29) is 12.5 Å². The molecule has 0 spiro atoms. The third-order valence-electron chi connectivity index (χ3n) is 1.77. The minimum atomic E-state index is -0.0969. The monoisotopic (exact) mass is 239 g/mol. The normalized spacial score (nSPS) is 9.35. The van der Waals surface area contributed by atoms with Crippen molar-refractivity contribution in [1.82, 2.24) is 5.32 Å². The van der Waals surface area contributed by atoms with Crippen molar-refractivity contribution in [1.29, 1.82) is 0 Å². The zero-order chi connectivity index (χ0) is 13.5. The average molecular weight is 239 g/mol. The van der Waals surface area contributed by atoms with Gasteiger partial charge in [0.1, 0.15) is 6.61 Å². The van der Waals surface area contributed by atoms with E-state index in [9.17, 15) is 4.79 Å². The van der Waals surface area contributed by atoms with E-state index < -0.39 is 0 Å². The van der Waals surface area contributed by atoms with Gasteiger partial charge in [-0.3, -0.25) is 4.79 Å². The molecule has 0 heterocycles. The molecule has 0 unspecified atom stereocenters. The van der Waals surface area contributed by atoms with Gasteiger partial charge in [0.05, 0.1) is 0 Å². The first-order chi connectivity index (χ1) is 8.20. The topological polar surface area (TPSA) is 38.3 Å². The van der Waals surface area contributed by atoms with Crippen LogP contribution in [0.4, 0.5) is 0 Å². The standard InChI is InChI=1S/C12H19NO2.C2H6/c1-4-5-7-11(2)8-6-9-15-10-12(14)13-3;1-2/h4-5,7H,1-2,6,8-10H2,3H3,(H,13,14);1-2H3/b7-5-;. The highest BCUT2D eigenvalue weighted by Gasteiger charge is 1.96. The Kier molecular flexibility index (Phi) is 15.5. The number of allylic oxidation sites excluding steroid dienone is 4. The molecule has 3 nitrogen and oxygen atoms in total. The summed E-state index contributed by atoms with van der Waals surface area (Å²) in [4.78, 5) is 10.8. The van der Waals surface area contributed by atoms with Crippen molar-refractivity contribution in [2.24, 2.45) is 0 Å². The number of nitrogens with one attached hydrogen (secondary N) is 1. The molecular formula is C14H25NO2. The summed E-state index contributed by atoms with van der Waals surface area (Å²) in [6.45, 7) is 12.2. The molecular weight excluding hydrogens is 214 g/mol. The number of rotatable bonds is 8. The highest BCUT2D eigenvalue weighted by atomic mass is 16.5. The lowest BCUT2D eigenvalue weighted by molar-refractivity contribution is -0.125. The molecule has 1 N–H and O–H groups in total. The van der Waals surface area contributed by atoms with Gasteiger partial charge < -0.3 is 10.1 Å². The van der Waals surface area contributed by atoms with Gasteiger partial charge in [-0.1, -0.05) is 50.8 Å². The highest BCUT2D eigenvalue weighted by Crippen LogP contribution is 2.03. The van der Waals surface area contributed by atoms with Gasteiger partial charge in [-0.15, -0.1) is 0 Å². The zero-order valence-electron chi connectivity index (χ0n) is 11.3. The Balaban J connectivity index is 0. The molecule has 0 aromatic rings. The molecule has 0 aliphatic rings. The predicted octanol–water partition coefficient (Wildman–Crippen LogP) is 2.85. The fourth-order valence-electron chi connectivity index (χ4n) is 0.926. The second-order valence-electron chi connectivity index (χ2n) is 3.08. The Labute approximate surface area is 105 Å². The van der Waals surface area contributed by atoms with Gasteiger partial charge in [-0.25, -0.2) is 0 Å². The van der Waals surface area contributed by atoms with Crippen molar-refractivity contribution >= 4 is 5.91 Å². The van der Waals surface area contributed by atoms with E-state index >= 15 is 0 Å². The maximum atomic E-state index is 10.8. The lowest BCUT2D eigenvalue weighted by atomic mass is 10.1. The number of hydrogen-bond acceptors (Lipinski definition) is 2. The van der Waals surface area contributed by atoms with Crippen molar-refractivity contribution in [2.75, 3.05) is 20.3 Å². The summed E-state index contributed by atoms with van der Waals surface area (Å²) in [5.41, 5.74) is 1.04. The van der Waals surface area contributed by atoms with Crippen molar-refractivity contribution in [3.05, 3.63) is 37.0 Å². The van der Waals surface area contributed by atoms with Crippen molar-refractivity contribution in [3.63, 3.8) is 0 Å². The minimum Gasteiger partial charge on any atom is -0.372 e. The minimum absolute atomic E-state index is 0.0969. The largest absolute Gasteiger partial charge is 0.372 e. The molecule has 0 aliphatic heterocycles. The molecule has 0 radical (unpaired) electrons. The number of carbonyl (C=O) groups is 1. The van der Waals surface area contributed by atoms with Gasteiger partial charge in [0.25, 0.3) is 0 Å². The van der Waals surface area contributed by atoms with Crippen LogP contribution in [0, 0.1) is 0 Å². The first-order valence-corrected chi connectivity index (χ1v) is 5.96. The Morgan fingerprint density at radius 2 is 2.06 bits per heavy atom. The molecule has 0 saturated carbocycles. The molecule has 17 heavy (non-hydrogen) atoms. The molecule has 0 saturated heterocycles. The van der Waals surface area contributed by atoms with Crippen LogP contribution in [0.3, 0.4) is 0 Å². The quantitative estimate of drug-likeness (QED) is 0.522. The molecule has 0 rings (SSSR count). The van der Waals surface area contributed by atoms with E-state index in [1.54, 1.807) is 13.1 Å².